The van der Waals surface area contributed by atoms with E-state index in [0.717, 1.165) is 6.04 Å². The first-order valence-corrected chi connectivity index (χ1v) is 6.65. The van der Waals surface area contributed by atoms with Gasteiger partial charge in [0.1, 0.15) is 0 Å². The molecule has 1 saturated heterocycles. The maximum Gasteiger partial charge on any atom is 0.0603 e. The molecule has 0 unspecified atom stereocenters. The molecule has 1 aliphatic carbocycles. The fraction of sp³-hybridized carbons (Fsp3) is 1.00. The smallest absolute Gasteiger partial charge is 0.0603 e. The van der Waals surface area contributed by atoms with Gasteiger partial charge in [0.05, 0.1) is 12.2 Å². The van der Waals surface area contributed by atoms with Crippen molar-refractivity contribution in [2.75, 3.05) is 13.1 Å². The largest absolute Gasteiger partial charge is 0.375 e. The Morgan fingerprint density at radius 2 is 1.60 bits per heavy atom. The summed E-state index contributed by atoms with van der Waals surface area (Å²) >= 11 is 0. The molecule has 0 bridgehead atoms. The highest BCUT2D eigenvalue weighted by atomic mass is 16.5. The number of hydrogen-bond donors (Lipinski definition) is 0. The standard InChI is InChI=1S/C13H25NO/c1-11(2)15-13-7-9-14(10-8-13)12-5-3-4-6-12/h11-13H,3-10H2,1-2H3. The molecular formula is C13H25NO. The summed E-state index contributed by atoms with van der Waals surface area (Å²) in [4.78, 5) is 2.70. The van der Waals surface area contributed by atoms with Gasteiger partial charge in [-0.2, -0.15) is 0 Å². The molecule has 15 heavy (non-hydrogen) atoms. The Morgan fingerprint density at radius 3 is 2.13 bits per heavy atom. The minimum atomic E-state index is 0.396. The van der Waals surface area contributed by atoms with Gasteiger partial charge in [0.2, 0.25) is 0 Å². The van der Waals surface area contributed by atoms with Crippen molar-refractivity contribution in [3.8, 4) is 0 Å². The first-order valence-electron chi connectivity index (χ1n) is 6.65. The van der Waals surface area contributed by atoms with Crippen molar-refractivity contribution in [3.05, 3.63) is 0 Å². The van der Waals surface area contributed by atoms with Crippen LogP contribution in [0, 0.1) is 0 Å². The van der Waals surface area contributed by atoms with Crippen molar-refractivity contribution < 1.29 is 4.74 Å². The van der Waals surface area contributed by atoms with E-state index in [9.17, 15) is 0 Å². The van der Waals surface area contributed by atoms with Crippen LogP contribution in [0.2, 0.25) is 0 Å². The van der Waals surface area contributed by atoms with Gasteiger partial charge in [0.25, 0.3) is 0 Å². The van der Waals surface area contributed by atoms with Gasteiger partial charge in [-0.1, -0.05) is 12.8 Å². The van der Waals surface area contributed by atoms with Gasteiger partial charge in [-0.15, -0.1) is 0 Å². The minimum absolute atomic E-state index is 0.396. The van der Waals surface area contributed by atoms with E-state index in [1.165, 1.54) is 51.6 Å². The third-order valence-electron chi connectivity index (χ3n) is 3.78. The highest BCUT2D eigenvalue weighted by Gasteiger charge is 2.27. The summed E-state index contributed by atoms with van der Waals surface area (Å²) in [7, 11) is 0. The molecular weight excluding hydrogens is 186 g/mol. The first-order chi connectivity index (χ1) is 7.25. The fourth-order valence-corrected chi connectivity index (χ4v) is 3.03. The molecule has 0 radical (unpaired) electrons. The Hall–Kier alpha value is -0.0800. The van der Waals surface area contributed by atoms with E-state index in [1.807, 2.05) is 0 Å². The molecule has 88 valence electrons. The predicted molar refractivity (Wildman–Crippen MR) is 63.1 cm³/mol. The third kappa shape index (κ3) is 3.18. The van der Waals surface area contributed by atoms with Crippen molar-refractivity contribution in [2.45, 2.75) is 70.6 Å². The lowest BCUT2D eigenvalue weighted by atomic mass is 10.0. The number of likely N-dealkylation sites (tertiary alicyclic amines) is 1. The van der Waals surface area contributed by atoms with E-state index < -0.39 is 0 Å². The van der Waals surface area contributed by atoms with Gasteiger partial charge < -0.3 is 9.64 Å². The number of nitrogens with zero attached hydrogens (tertiary/aromatic N) is 1. The van der Waals surface area contributed by atoms with E-state index in [0.29, 0.717) is 12.2 Å². The van der Waals surface area contributed by atoms with E-state index in [1.54, 1.807) is 0 Å². The number of hydrogen-bond acceptors (Lipinski definition) is 2. The van der Waals surface area contributed by atoms with Crippen molar-refractivity contribution in [2.24, 2.45) is 0 Å². The molecule has 2 heteroatoms. The van der Waals surface area contributed by atoms with Crippen molar-refractivity contribution in [1.29, 1.82) is 0 Å². The topological polar surface area (TPSA) is 12.5 Å². The highest BCUT2D eigenvalue weighted by Crippen LogP contribution is 2.26. The molecule has 0 aromatic carbocycles. The SMILES string of the molecule is CC(C)OC1CCN(C2CCCC2)CC1. The van der Waals surface area contributed by atoms with Crippen LogP contribution in [0.4, 0.5) is 0 Å². The molecule has 0 aromatic rings. The lowest BCUT2D eigenvalue weighted by Gasteiger charge is -2.36. The number of piperidine rings is 1. The summed E-state index contributed by atoms with van der Waals surface area (Å²) in [6, 6.07) is 0.907. The molecule has 0 atom stereocenters. The van der Waals surface area contributed by atoms with E-state index >= 15 is 0 Å². The lowest BCUT2D eigenvalue weighted by Crippen LogP contribution is -2.42. The summed E-state index contributed by atoms with van der Waals surface area (Å²) < 4.78 is 5.88. The zero-order valence-electron chi connectivity index (χ0n) is 10.2. The molecule has 0 spiro atoms. The second kappa shape index (κ2) is 5.31. The quantitative estimate of drug-likeness (QED) is 0.712. The Kier molecular flexibility index (Phi) is 4.04. The van der Waals surface area contributed by atoms with Crippen LogP contribution in [-0.4, -0.2) is 36.2 Å². The molecule has 1 aliphatic heterocycles. The summed E-state index contributed by atoms with van der Waals surface area (Å²) in [6.45, 7) is 6.82. The normalized spacial score (nSPS) is 26.6. The van der Waals surface area contributed by atoms with Crippen LogP contribution in [0.1, 0.15) is 52.4 Å². The van der Waals surface area contributed by atoms with Crippen molar-refractivity contribution in [3.63, 3.8) is 0 Å². The van der Waals surface area contributed by atoms with Crippen LogP contribution >= 0.6 is 0 Å². The average Bonchev–Trinajstić information content (AvgIpc) is 2.71. The second-order valence-corrected chi connectivity index (χ2v) is 5.36. The van der Waals surface area contributed by atoms with Gasteiger partial charge in [0.15, 0.2) is 0 Å². The molecule has 0 N–H and O–H groups in total. The van der Waals surface area contributed by atoms with E-state index in [-0.39, 0.29) is 0 Å². The van der Waals surface area contributed by atoms with E-state index in [4.69, 9.17) is 4.74 Å². The zero-order valence-corrected chi connectivity index (χ0v) is 10.2. The van der Waals surface area contributed by atoms with Crippen LogP contribution < -0.4 is 0 Å². The molecule has 1 heterocycles. The summed E-state index contributed by atoms with van der Waals surface area (Å²) in [5.41, 5.74) is 0. The Bertz CT molecular complexity index is 179. The maximum absolute atomic E-state index is 5.88. The third-order valence-corrected chi connectivity index (χ3v) is 3.78. The van der Waals surface area contributed by atoms with Gasteiger partial charge in [0, 0.05) is 19.1 Å². The maximum atomic E-state index is 5.88. The van der Waals surface area contributed by atoms with Crippen LogP contribution in [0.5, 0.6) is 0 Å². The Balaban J connectivity index is 1.71. The van der Waals surface area contributed by atoms with Gasteiger partial charge in [-0.3, -0.25) is 0 Å². The molecule has 2 aliphatic rings. The summed E-state index contributed by atoms with van der Waals surface area (Å²) in [5.74, 6) is 0. The number of ether oxygens (including phenoxy) is 1. The van der Waals surface area contributed by atoms with Crippen LogP contribution in [0.25, 0.3) is 0 Å². The second-order valence-electron chi connectivity index (χ2n) is 5.36. The molecule has 2 nitrogen and oxygen atoms in total. The van der Waals surface area contributed by atoms with Crippen LogP contribution in [0.3, 0.4) is 0 Å². The molecule has 2 rings (SSSR count). The minimum Gasteiger partial charge on any atom is -0.375 e. The lowest BCUT2D eigenvalue weighted by molar-refractivity contribution is -0.0327. The van der Waals surface area contributed by atoms with Gasteiger partial charge in [-0.05, 0) is 39.5 Å². The van der Waals surface area contributed by atoms with Gasteiger partial charge in [-0.25, -0.2) is 0 Å². The fourth-order valence-electron chi connectivity index (χ4n) is 3.03. The van der Waals surface area contributed by atoms with Crippen molar-refractivity contribution >= 4 is 0 Å². The zero-order chi connectivity index (χ0) is 10.7. The molecule has 1 saturated carbocycles. The summed E-state index contributed by atoms with van der Waals surface area (Å²) in [6.07, 6.45) is 9.20. The predicted octanol–water partition coefficient (Wildman–Crippen LogP) is 2.82. The highest BCUT2D eigenvalue weighted by molar-refractivity contribution is 4.82. The molecule has 0 aromatic heterocycles. The Morgan fingerprint density at radius 1 is 1.00 bits per heavy atom. The van der Waals surface area contributed by atoms with Crippen LogP contribution in [-0.2, 0) is 4.74 Å². The summed E-state index contributed by atoms with van der Waals surface area (Å²) in [5, 5.41) is 0. The number of rotatable bonds is 3. The average molecular weight is 211 g/mol. The van der Waals surface area contributed by atoms with Crippen molar-refractivity contribution in [1.82, 2.24) is 4.90 Å². The Labute approximate surface area is 94.0 Å². The first kappa shape index (κ1) is 11.4. The van der Waals surface area contributed by atoms with E-state index in [2.05, 4.69) is 18.7 Å². The molecule has 0 amide bonds. The molecule has 2 fully saturated rings. The van der Waals surface area contributed by atoms with Crippen LogP contribution in [0.15, 0.2) is 0 Å². The monoisotopic (exact) mass is 211 g/mol. The van der Waals surface area contributed by atoms with Gasteiger partial charge >= 0.3 is 0 Å².